The predicted octanol–water partition coefficient (Wildman–Crippen LogP) is 3.50. The van der Waals surface area contributed by atoms with Crippen molar-refractivity contribution in [3.8, 4) is 0 Å². The molecule has 1 aromatic carbocycles. The maximum absolute atomic E-state index is 12.7. The molecule has 0 spiro atoms. The minimum Gasteiger partial charge on any atom is -0.380 e. The first-order valence-corrected chi connectivity index (χ1v) is 11.0. The molecule has 2 aromatic rings. The van der Waals surface area contributed by atoms with Crippen molar-refractivity contribution in [3.05, 3.63) is 40.4 Å². The Morgan fingerprint density at radius 3 is 2.90 bits per heavy atom. The van der Waals surface area contributed by atoms with E-state index in [1.54, 1.807) is 30.7 Å². The zero-order valence-electron chi connectivity index (χ0n) is 16.5. The van der Waals surface area contributed by atoms with Crippen molar-refractivity contribution in [1.82, 2.24) is 10.3 Å². The molecular formula is C20H25ClN4O3S. The number of ether oxygens (including phenoxy) is 1. The van der Waals surface area contributed by atoms with Gasteiger partial charge in [-0.25, -0.2) is 4.98 Å². The smallest absolute Gasteiger partial charge is 0.275 e. The van der Waals surface area contributed by atoms with Gasteiger partial charge in [-0.05, 0) is 30.5 Å². The van der Waals surface area contributed by atoms with Crippen LogP contribution in [0.1, 0.15) is 46.2 Å². The third-order valence-corrected chi connectivity index (χ3v) is 5.95. The molecule has 1 saturated heterocycles. The van der Waals surface area contributed by atoms with Gasteiger partial charge < -0.3 is 20.3 Å². The molecule has 2 heterocycles. The number of carbonyl (C=O) groups is 2. The summed E-state index contributed by atoms with van der Waals surface area (Å²) in [5, 5.41) is 8.19. The predicted molar refractivity (Wildman–Crippen MR) is 116 cm³/mol. The van der Waals surface area contributed by atoms with Crippen molar-refractivity contribution < 1.29 is 14.3 Å². The molecule has 1 aromatic heterocycles. The zero-order valence-corrected chi connectivity index (χ0v) is 18.1. The molecule has 2 N–H and O–H groups in total. The molecule has 9 heteroatoms. The van der Waals surface area contributed by atoms with E-state index >= 15 is 0 Å². The Hall–Kier alpha value is -2.16. The molecule has 3 rings (SSSR count). The number of nitrogens with one attached hydrogen (secondary N) is 2. The number of hydrogen-bond donors (Lipinski definition) is 2. The zero-order chi connectivity index (χ0) is 20.8. The number of alkyl halides is 1. The Morgan fingerprint density at radius 1 is 1.38 bits per heavy atom. The largest absolute Gasteiger partial charge is 0.380 e. The highest BCUT2D eigenvalue weighted by atomic mass is 35.5. The molecule has 1 aliphatic heterocycles. The lowest BCUT2D eigenvalue weighted by Gasteiger charge is -2.14. The Morgan fingerprint density at radius 2 is 2.21 bits per heavy atom. The summed E-state index contributed by atoms with van der Waals surface area (Å²) in [5.41, 5.74) is 1.96. The van der Waals surface area contributed by atoms with E-state index in [2.05, 4.69) is 20.5 Å². The van der Waals surface area contributed by atoms with Gasteiger partial charge in [-0.3, -0.25) is 9.59 Å². The van der Waals surface area contributed by atoms with Gasteiger partial charge in [0.15, 0.2) is 5.13 Å². The van der Waals surface area contributed by atoms with Gasteiger partial charge >= 0.3 is 0 Å². The van der Waals surface area contributed by atoms with Gasteiger partial charge in [0, 0.05) is 38.0 Å². The molecule has 0 unspecified atom stereocenters. The van der Waals surface area contributed by atoms with E-state index in [1.807, 2.05) is 6.92 Å². The standard InChI is InChI=1S/C20H25ClN4O3S/c1-3-7-22-18(26)15-9-13(10-21)4-5-16(15)23-19(27)17-12-29-20(24-17)25-8-6-14(11-25)28-2/h4-5,9,12,14H,3,6-8,10-11H2,1-2H3,(H,22,26)(H,23,27)/t14-/m0/s1. The average molecular weight is 437 g/mol. The molecule has 1 atom stereocenters. The van der Waals surface area contributed by atoms with Crippen LogP contribution in [-0.4, -0.2) is 49.6 Å². The van der Waals surface area contributed by atoms with Gasteiger partial charge in [0.05, 0.1) is 17.4 Å². The van der Waals surface area contributed by atoms with Crippen molar-refractivity contribution in [2.24, 2.45) is 0 Å². The van der Waals surface area contributed by atoms with Crippen LogP contribution in [0.15, 0.2) is 23.6 Å². The number of halogens is 1. The minimum absolute atomic E-state index is 0.195. The maximum Gasteiger partial charge on any atom is 0.275 e. The summed E-state index contributed by atoms with van der Waals surface area (Å²) in [5.74, 6) is -0.301. The molecule has 0 bridgehead atoms. The number of rotatable bonds is 8. The third kappa shape index (κ3) is 5.26. The molecule has 2 amide bonds. The number of amides is 2. The van der Waals surface area contributed by atoms with Gasteiger partial charge in [-0.15, -0.1) is 22.9 Å². The Bertz CT molecular complexity index is 873. The van der Waals surface area contributed by atoms with E-state index in [9.17, 15) is 9.59 Å². The summed E-state index contributed by atoms with van der Waals surface area (Å²) in [4.78, 5) is 31.8. The fraction of sp³-hybridized carbons (Fsp3) is 0.450. The lowest BCUT2D eigenvalue weighted by atomic mass is 10.1. The summed E-state index contributed by atoms with van der Waals surface area (Å²) in [7, 11) is 1.71. The van der Waals surface area contributed by atoms with Crippen LogP contribution in [0, 0.1) is 0 Å². The molecule has 7 nitrogen and oxygen atoms in total. The van der Waals surface area contributed by atoms with Gasteiger partial charge in [-0.1, -0.05) is 13.0 Å². The summed E-state index contributed by atoms with van der Waals surface area (Å²) in [6.45, 7) is 4.17. The van der Waals surface area contributed by atoms with E-state index in [0.717, 1.165) is 36.6 Å². The van der Waals surface area contributed by atoms with E-state index in [0.29, 0.717) is 23.5 Å². The number of benzene rings is 1. The van der Waals surface area contributed by atoms with E-state index < -0.39 is 0 Å². The molecule has 29 heavy (non-hydrogen) atoms. The van der Waals surface area contributed by atoms with Gasteiger partial charge in [0.2, 0.25) is 0 Å². The highest BCUT2D eigenvalue weighted by Crippen LogP contribution is 2.26. The van der Waals surface area contributed by atoms with Crippen molar-refractivity contribution in [3.63, 3.8) is 0 Å². The normalized spacial score (nSPS) is 16.1. The summed E-state index contributed by atoms with van der Waals surface area (Å²) in [6, 6.07) is 5.20. The first-order chi connectivity index (χ1) is 14.0. The lowest BCUT2D eigenvalue weighted by molar-refractivity contribution is 0.0954. The monoisotopic (exact) mass is 436 g/mol. The lowest BCUT2D eigenvalue weighted by Crippen LogP contribution is -2.26. The van der Waals surface area contributed by atoms with Crippen LogP contribution in [0.2, 0.25) is 0 Å². The number of aromatic nitrogens is 1. The molecule has 156 valence electrons. The van der Waals surface area contributed by atoms with Gasteiger partial charge in [-0.2, -0.15) is 0 Å². The maximum atomic E-state index is 12.7. The van der Waals surface area contributed by atoms with Crippen LogP contribution in [0.3, 0.4) is 0 Å². The number of hydrogen-bond acceptors (Lipinski definition) is 6. The van der Waals surface area contributed by atoms with Crippen LogP contribution in [0.25, 0.3) is 0 Å². The van der Waals surface area contributed by atoms with Crippen LogP contribution >= 0.6 is 22.9 Å². The molecule has 1 aliphatic rings. The number of methoxy groups -OCH3 is 1. The molecule has 0 radical (unpaired) electrons. The molecular weight excluding hydrogens is 412 g/mol. The van der Waals surface area contributed by atoms with Crippen LogP contribution < -0.4 is 15.5 Å². The summed E-state index contributed by atoms with van der Waals surface area (Å²) >= 11 is 7.33. The molecule has 0 aliphatic carbocycles. The quantitative estimate of drug-likeness (QED) is 0.619. The number of anilines is 2. The first-order valence-electron chi connectivity index (χ1n) is 9.57. The van der Waals surface area contributed by atoms with Crippen molar-refractivity contribution >= 4 is 45.6 Å². The van der Waals surface area contributed by atoms with E-state index in [1.165, 1.54) is 11.3 Å². The number of nitrogens with zero attached hydrogens (tertiary/aromatic N) is 2. The topological polar surface area (TPSA) is 83.6 Å². The SMILES string of the molecule is CCCNC(=O)c1cc(CCl)ccc1NC(=O)c1csc(N2CC[C@H](OC)C2)n1. The van der Waals surface area contributed by atoms with Crippen LogP contribution in [0.4, 0.5) is 10.8 Å². The Balaban J connectivity index is 1.74. The highest BCUT2D eigenvalue weighted by Gasteiger charge is 2.25. The fourth-order valence-corrected chi connectivity index (χ4v) is 4.11. The average Bonchev–Trinajstić information content (AvgIpc) is 3.41. The van der Waals surface area contributed by atoms with Gasteiger partial charge in [0.25, 0.3) is 11.8 Å². The molecule has 0 saturated carbocycles. The second-order valence-corrected chi connectivity index (χ2v) is 7.94. The fourth-order valence-electron chi connectivity index (χ4n) is 3.10. The van der Waals surface area contributed by atoms with Crippen LogP contribution in [-0.2, 0) is 10.6 Å². The Labute approximate surface area is 179 Å². The minimum atomic E-state index is -0.349. The van der Waals surface area contributed by atoms with Crippen molar-refractivity contribution in [1.29, 1.82) is 0 Å². The first kappa shape index (κ1) is 21.5. The van der Waals surface area contributed by atoms with Crippen molar-refractivity contribution in [2.45, 2.75) is 31.7 Å². The second-order valence-electron chi connectivity index (χ2n) is 6.83. The van der Waals surface area contributed by atoms with E-state index in [-0.39, 0.29) is 23.8 Å². The second kappa shape index (κ2) is 10.0. The Kier molecular flexibility index (Phi) is 7.46. The summed E-state index contributed by atoms with van der Waals surface area (Å²) in [6.07, 6.45) is 1.96. The summed E-state index contributed by atoms with van der Waals surface area (Å²) < 4.78 is 5.39. The third-order valence-electron chi connectivity index (χ3n) is 4.74. The van der Waals surface area contributed by atoms with E-state index in [4.69, 9.17) is 16.3 Å². The number of carbonyl (C=O) groups excluding carboxylic acids is 2. The van der Waals surface area contributed by atoms with Gasteiger partial charge in [0.1, 0.15) is 5.69 Å². The van der Waals surface area contributed by atoms with Crippen LogP contribution in [0.5, 0.6) is 0 Å². The molecule has 1 fully saturated rings. The highest BCUT2D eigenvalue weighted by molar-refractivity contribution is 7.14. The number of thiazole rings is 1. The van der Waals surface area contributed by atoms with Crippen molar-refractivity contribution in [2.75, 3.05) is 37.0 Å².